The Morgan fingerprint density at radius 1 is 0.830 bits per heavy atom. The molecule has 4 amide bonds. The Morgan fingerprint density at radius 2 is 1.45 bits per heavy atom. The van der Waals surface area contributed by atoms with Gasteiger partial charge in [-0.3, -0.25) is 14.4 Å². The molecule has 47 heavy (non-hydrogen) atoms. The van der Waals surface area contributed by atoms with Gasteiger partial charge in [0.15, 0.2) is 0 Å². The van der Waals surface area contributed by atoms with Gasteiger partial charge in [0.25, 0.3) is 0 Å². The molecule has 2 atom stereocenters. The molecule has 0 aliphatic heterocycles. The van der Waals surface area contributed by atoms with E-state index in [-0.39, 0.29) is 61.7 Å². The summed E-state index contributed by atoms with van der Waals surface area (Å²) in [4.78, 5) is 52.2. The van der Waals surface area contributed by atoms with Crippen LogP contribution in [0.5, 0.6) is 0 Å². The number of ether oxygens (including phenoxy) is 1. The Bertz CT molecular complexity index is 1140. The quantitative estimate of drug-likeness (QED) is 0.192. The van der Waals surface area contributed by atoms with E-state index in [1.54, 1.807) is 7.11 Å². The highest BCUT2D eigenvalue weighted by molar-refractivity contribution is 7.89. The smallest absolute Gasteiger partial charge is 0.315 e. The molecule has 0 spiro atoms. The van der Waals surface area contributed by atoms with E-state index >= 15 is 0 Å². The van der Waals surface area contributed by atoms with E-state index in [9.17, 15) is 32.7 Å². The summed E-state index contributed by atoms with van der Waals surface area (Å²) in [7, 11) is -2.36. The molecule has 0 saturated heterocycles. The van der Waals surface area contributed by atoms with E-state index < -0.39 is 40.1 Å². The SMILES string of the molecule is COC1CCC(S(=O)(=O)N(CCC(=O)O)CC(=O)N(CCC(C)C)CC(=O)NC2CCC(NC(=O)NC3CCCCC3C)CC2)CC1. The van der Waals surface area contributed by atoms with Crippen LogP contribution in [0, 0.1) is 11.8 Å². The Labute approximate surface area is 281 Å². The van der Waals surface area contributed by atoms with Crippen molar-refractivity contribution in [3.8, 4) is 0 Å². The summed E-state index contributed by atoms with van der Waals surface area (Å²) in [5.41, 5.74) is 0. The molecule has 0 aromatic heterocycles. The van der Waals surface area contributed by atoms with Crippen LogP contribution >= 0.6 is 0 Å². The molecule has 3 aliphatic rings. The lowest BCUT2D eigenvalue weighted by Crippen LogP contribution is -2.52. The lowest BCUT2D eigenvalue weighted by Gasteiger charge is -2.33. The summed E-state index contributed by atoms with van der Waals surface area (Å²) in [6, 6.07) is 0.0340. The number of aliphatic carboxylic acids is 1. The van der Waals surface area contributed by atoms with Crippen molar-refractivity contribution in [3.63, 3.8) is 0 Å². The lowest BCUT2D eigenvalue weighted by atomic mass is 9.86. The van der Waals surface area contributed by atoms with Gasteiger partial charge in [-0.2, -0.15) is 4.31 Å². The lowest BCUT2D eigenvalue weighted by molar-refractivity contribution is -0.138. The summed E-state index contributed by atoms with van der Waals surface area (Å²) in [6.45, 7) is 5.44. The van der Waals surface area contributed by atoms with Crippen molar-refractivity contribution in [1.29, 1.82) is 0 Å². The largest absolute Gasteiger partial charge is 0.481 e. The maximum absolute atomic E-state index is 13.6. The van der Waals surface area contributed by atoms with Gasteiger partial charge in [0.05, 0.1) is 30.9 Å². The molecule has 14 heteroatoms. The summed E-state index contributed by atoms with van der Waals surface area (Å²) in [6.07, 6.45) is 9.45. The summed E-state index contributed by atoms with van der Waals surface area (Å²) < 4.78 is 33.6. The molecule has 270 valence electrons. The third kappa shape index (κ3) is 12.8. The molecule has 3 aliphatic carbocycles. The topological polar surface area (TPSA) is 174 Å². The summed E-state index contributed by atoms with van der Waals surface area (Å²) in [5.74, 6) is -1.27. The molecule has 2 unspecified atom stereocenters. The average molecular weight is 686 g/mol. The van der Waals surface area contributed by atoms with Crippen molar-refractivity contribution < 1.29 is 37.4 Å². The predicted molar refractivity (Wildman–Crippen MR) is 179 cm³/mol. The molecular formula is C33H59N5O8S. The molecule has 3 fully saturated rings. The number of hydrogen-bond donors (Lipinski definition) is 4. The van der Waals surface area contributed by atoms with Crippen LogP contribution in [0.1, 0.15) is 111 Å². The Balaban J connectivity index is 1.55. The van der Waals surface area contributed by atoms with Crippen LogP contribution in [0.2, 0.25) is 0 Å². The second-order valence-electron chi connectivity index (χ2n) is 14.3. The average Bonchev–Trinajstić information content (AvgIpc) is 3.03. The van der Waals surface area contributed by atoms with Gasteiger partial charge in [-0.15, -0.1) is 0 Å². The number of carboxylic acid groups (broad SMARTS) is 1. The number of rotatable bonds is 16. The van der Waals surface area contributed by atoms with Gasteiger partial charge in [0.2, 0.25) is 21.8 Å². The molecule has 0 aromatic carbocycles. The van der Waals surface area contributed by atoms with Gasteiger partial charge in [-0.25, -0.2) is 13.2 Å². The Kier molecular flexibility index (Phi) is 15.7. The first-order valence-corrected chi connectivity index (χ1v) is 19.2. The minimum absolute atomic E-state index is 0.0124. The zero-order chi connectivity index (χ0) is 34.6. The molecule has 13 nitrogen and oxygen atoms in total. The minimum Gasteiger partial charge on any atom is -0.481 e. The van der Waals surface area contributed by atoms with E-state index in [2.05, 4.69) is 22.9 Å². The number of amides is 4. The van der Waals surface area contributed by atoms with Crippen LogP contribution in [0.15, 0.2) is 0 Å². The van der Waals surface area contributed by atoms with E-state index in [1.807, 2.05) is 13.8 Å². The van der Waals surface area contributed by atoms with Crippen LogP contribution in [-0.2, 0) is 29.1 Å². The van der Waals surface area contributed by atoms with Crippen molar-refractivity contribution in [3.05, 3.63) is 0 Å². The van der Waals surface area contributed by atoms with E-state index in [4.69, 9.17) is 4.74 Å². The molecule has 3 saturated carbocycles. The van der Waals surface area contributed by atoms with Gasteiger partial charge < -0.3 is 30.7 Å². The molecule has 0 aromatic rings. The van der Waals surface area contributed by atoms with Gasteiger partial charge in [-0.1, -0.05) is 33.6 Å². The third-order valence-corrected chi connectivity index (χ3v) is 12.5. The number of urea groups is 1. The number of sulfonamides is 1. The fourth-order valence-electron chi connectivity index (χ4n) is 7.00. The Morgan fingerprint density at radius 3 is 2.02 bits per heavy atom. The normalized spacial score (nSPS) is 26.9. The maximum Gasteiger partial charge on any atom is 0.315 e. The summed E-state index contributed by atoms with van der Waals surface area (Å²) in [5, 5.41) is 17.9. The number of carbonyl (C=O) groups is 4. The molecule has 0 heterocycles. The van der Waals surface area contributed by atoms with E-state index in [0.29, 0.717) is 50.9 Å². The minimum atomic E-state index is -3.96. The number of hydrogen-bond acceptors (Lipinski definition) is 7. The predicted octanol–water partition coefficient (Wildman–Crippen LogP) is 3.23. The number of carbonyl (C=O) groups excluding carboxylic acids is 3. The first-order chi connectivity index (χ1) is 22.3. The van der Waals surface area contributed by atoms with Crippen molar-refractivity contribution in [1.82, 2.24) is 25.2 Å². The highest BCUT2D eigenvalue weighted by Crippen LogP contribution is 2.28. The van der Waals surface area contributed by atoms with Crippen LogP contribution < -0.4 is 16.0 Å². The molecule has 0 bridgehead atoms. The molecular weight excluding hydrogens is 626 g/mol. The van der Waals surface area contributed by atoms with Crippen molar-refractivity contribution >= 4 is 33.8 Å². The number of methoxy groups -OCH3 is 1. The van der Waals surface area contributed by atoms with Crippen molar-refractivity contribution in [2.75, 3.05) is 33.3 Å². The van der Waals surface area contributed by atoms with Crippen LogP contribution in [0.25, 0.3) is 0 Å². The maximum atomic E-state index is 13.6. The summed E-state index contributed by atoms with van der Waals surface area (Å²) >= 11 is 0. The van der Waals surface area contributed by atoms with Crippen LogP contribution in [0.4, 0.5) is 4.79 Å². The highest BCUT2D eigenvalue weighted by Gasteiger charge is 2.37. The van der Waals surface area contributed by atoms with Crippen LogP contribution in [0.3, 0.4) is 0 Å². The van der Waals surface area contributed by atoms with Crippen LogP contribution in [-0.4, -0.2) is 109 Å². The number of nitrogens with one attached hydrogen (secondary N) is 3. The molecule has 4 N–H and O–H groups in total. The number of carboxylic acids is 1. The fraction of sp³-hybridized carbons (Fsp3) is 0.879. The zero-order valence-corrected chi connectivity index (χ0v) is 29.7. The second-order valence-corrected chi connectivity index (χ2v) is 16.5. The van der Waals surface area contributed by atoms with E-state index in [0.717, 1.165) is 36.4 Å². The zero-order valence-electron chi connectivity index (χ0n) is 28.9. The standard InChI is InChI=1S/C33H59N5O8S/c1-23(2)17-19-37(31(40)22-38(20-18-32(41)42)47(44,45)28-15-13-27(46-4)14-16-28)21-30(39)34-25-9-11-26(12-10-25)35-33(43)36-29-8-6-5-7-24(29)3/h23-29H,5-22H2,1-4H3,(H,34,39)(H,41,42)(H2,35,36,43). The number of nitrogens with zero attached hydrogens (tertiary/aromatic N) is 2. The van der Waals surface area contributed by atoms with Gasteiger partial charge in [0.1, 0.15) is 0 Å². The molecule has 0 radical (unpaired) electrons. The second kappa shape index (κ2) is 18.9. The molecule has 3 rings (SSSR count). The van der Waals surface area contributed by atoms with Crippen molar-refractivity contribution in [2.45, 2.75) is 140 Å². The van der Waals surface area contributed by atoms with Gasteiger partial charge in [-0.05, 0) is 82.5 Å². The first-order valence-electron chi connectivity index (χ1n) is 17.7. The Hall–Kier alpha value is -2.45. The highest BCUT2D eigenvalue weighted by atomic mass is 32.2. The van der Waals surface area contributed by atoms with Gasteiger partial charge >= 0.3 is 12.0 Å². The monoisotopic (exact) mass is 685 g/mol. The third-order valence-electron chi connectivity index (χ3n) is 10.1. The fourth-order valence-corrected chi connectivity index (χ4v) is 8.93. The van der Waals surface area contributed by atoms with Crippen molar-refractivity contribution in [2.24, 2.45) is 11.8 Å². The van der Waals surface area contributed by atoms with Gasteiger partial charge in [0, 0.05) is 38.3 Å². The van der Waals surface area contributed by atoms with E-state index in [1.165, 1.54) is 11.3 Å². The first kappa shape index (κ1) is 39.0.